The van der Waals surface area contributed by atoms with Gasteiger partial charge in [0.25, 0.3) is 0 Å². The number of benzene rings is 1. The summed E-state index contributed by atoms with van der Waals surface area (Å²) in [6.45, 7) is 0.854. The smallest absolute Gasteiger partial charge is 0.391 e. The van der Waals surface area contributed by atoms with Crippen molar-refractivity contribution < 1.29 is 22.6 Å². The quantitative estimate of drug-likeness (QED) is 0.743. The maximum atomic E-state index is 11.8. The SMILES string of the molecule is NCc1ccc(OCCCOCCC(F)(F)F)cc1. The molecule has 0 unspecified atom stereocenters. The van der Waals surface area contributed by atoms with Gasteiger partial charge in [-0.2, -0.15) is 13.2 Å². The Labute approximate surface area is 110 Å². The van der Waals surface area contributed by atoms with Gasteiger partial charge in [0.05, 0.1) is 19.6 Å². The van der Waals surface area contributed by atoms with E-state index in [-0.39, 0.29) is 13.2 Å². The Morgan fingerprint density at radius 1 is 1.00 bits per heavy atom. The van der Waals surface area contributed by atoms with Gasteiger partial charge >= 0.3 is 6.18 Å². The molecule has 6 heteroatoms. The van der Waals surface area contributed by atoms with Crippen LogP contribution in [0.5, 0.6) is 5.75 Å². The predicted molar refractivity (Wildman–Crippen MR) is 65.9 cm³/mol. The summed E-state index contributed by atoms with van der Waals surface area (Å²) in [7, 11) is 0. The Balaban J connectivity index is 2.04. The Kier molecular flexibility index (Phi) is 6.66. The van der Waals surface area contributed by atoms with Crippen LogP contribution in [-0.4, -0.2) is 26.0 Å². The fourth-order valence-electron chi connectivity index (χ4n) is 1.36. The van der Waals surface area contributed by atoms with Crippen molar-refractivity contribution in [3.8, 4) is 5.75 Å². The highest BCUT2D eigenvalue weighted by Gasteiger charge is 2.26. The highest BCUT2D eigenvalue weighted by molar-refractivity contribution is 5.26. The lowest BCUT2D eigenvalue weighted by Gasteiger charge is -2.08. The van der Waals surface area contributed by atoms with Crippen molar-refractivity contribution in [1.82, 2.24) is 0 Å². The van der Waals surface area contributed by atoms with E-state index >= 15 is 0 Å². The maximum Gasteiger partial charge on any atom is 0.391 e. The van der Waals surface area contributed by atoms with Gasteiger partial charge in [-0.05, 0) is 17.7 Å². The fourth-order valence-corrected chi connectivity index (χ4v) is 1.36. The average Bonchev–Trinajstić information content (AvgIpc) is 2.37. The minimum Gasteiger partial charge on any atom is -0.494 e. The number of nitrogens with two attached hydrogens (primary N) is 1. The first-order chi connectivity index (χ1) is 9.01. The topological polar surface area (TPSA) is 44.5 Å². The normalized spacial score (nSPS) is 11.6. The lowest BCUT2D eigenvalue weighted by molar-refractivity contribution is -0.145. The minimum atomic E-state index is -4.15. The molecule has 1 aromatic carbocycles. The monoisotopic (exact) mass is 277 g/mol. The molecule has 0 radical (unpaired) electrons. The molecule has 0 aliphatic heterocycles. The third-order valence-corrected chi connectivity index (χ3v) is 2.39. The summed E-state index contributed by atoms with van der Waals surface area (Å²) in [4.78, 5) is 0. The summed E-state index contributed by atoms with van der Waals surface area (Å²) < 4.78 is 45.7. The number of ether oxygens (including phenoxy) is 2. The standard InChI is InChI=1S/C13H18F3NO2/c14-13(15,16)6-9-18-7-1-8-19-12-4-2-11(10-17)3-5-12/h2-5H,1,6-10,17H2. The summed E-state index contributed by atoms with van der Waals surface area (Å²) >= 11 is 0. The molecule has 1 rings (SSSR count). The molecule has 0 saturated carbocycles. The summed E-state index contributed by atoms with van der Waals surface area (Å²) in [6.07, 6.45) is -4.51. The zero-order valence-electron chi connectivity index (χ0n) is 10.6. The van der Waals surface area contributed by atoms with E-state index in [2.05, 4.69) is 0 Å². The average molecular weight is 277 g/mol. The third-order valence-electron chi connectivity index (χ3n) is 2.39. The lowest BCUT2D eigenvalue weighted by Crippen LogP contribution is -2.12. The number of hydrogen-bond donors (Lipinski definition) is 1. The Bertz CT molecular complexity index is 352. The third kappa shape index (κ3) is 7.69. The van der Waals surface area contributed by atoms with Crippen LogP contribution in [0.3, 0.4) is 0 Å². The molecule has 1 aromatic rings. The van der Waals surface area contributed by atoms with Crippen molar-refractivity contribution >= 4 is 0 Å². The van der Waals surface area contributed by atoms with Crippen molar-refractivity contribution in [1.29, 1.82) is 0 Å². The molecular formula is C13H18F3NO2. The molecule has 0 fully saturated rings. The van der Waals surface area contributed by atoms with Gasteiger partial charge in [-0.3, -0.25) is 0 Å². The van der Waals surface area contributed by atoms with Gasteiger partial charge in [0.1, 0.15) is 5.75 Å². The fraction of sp³-hybridized carbons (Fsp3) is 0.538. The molecule has 19 heavy (non-hydrogen) atoms. The number of rotatable bonds is 8. The highest BCUT2D eigenvalue weighted by Crippen LogP contribution is 2.19. The molecule has 0 aliphatic carbocycles. The molecule has 0 atom stereocenters. The van der Waals surface area contributed by atoms with Gasteiger partial charge in [-0.1, -0.05) is 12.1 Å². The summed E-state index contributed by atoms with van der Waals surface area (Å²) in [6, 6.07) is 7.36. The van der Waals surface area contributed by atoms with E-state index in [1.165, 1.54) is 0 Å². The van der Waals surface area contributed by atoms with Gasteiger partial charge in [0.2, 0.25) is 0 Å². The maximum absolute atomic E-state index is 11.8. The van der Waals surface area contributed by atoms with Crippen molar-refractivity contribution in [3.63, 3.8) is 0 Å². The Morgan fingerprint density at radius 3 is 2.26 bits per heavy atom. The number of alkyl halides is 3. The molecule has 0 amide bonds. The second kappa shape index (κ2) is 8.01. The molecule has 0 heterocycles. The second-order valence-corrected chi connectivity index (χ2v) is 4.03. The van der Waals surface area contributed by atoms with Crippen LogP contribution in [-0.2, 0) is 11.3 Å². The second-order valence-electron chi connectivity index (χ2n) is 4.03. The van der Waals surface area contributed by atoms with Gasteiger partial charge < -0.3 is 15.2 Å². The van der Waals surface area contributed by atoms with E-state index in [1.54, 1.807) is 0 Å². The van der Waals surface area contributed by atoms with Crippen molar-refractivity contribution in [2.45, 2.75) is 25.6 Å². The lowest BCUT2D eigenvalue weighted by atomic mass is 10.2. The van der Waals surface area contributed by atoms with Crippen LogP contribution in [0.15, 0.2) is 24.3 Å². The summed E-state index contributed by atoms with van der Waals surface area (Å²) in [5.74, 6) is 0.715. The van der Waals surface area contributed by atoms with Gasteiger partial charge in [-0.15, -0.1) is 0 Å². The Hall–Kier alpha value is -1.27. The van der Waals surface area contributed by atoms with Crippen LogP contribution in [0.1, 0.15) is 18.4 Å². The molecule has 0 saturated heterocycles. The number of halogens is 3. The summed E-state index contributed by atoms with van der Waals surface area (Å²) in [5, 5.41) is 0. The van der Waals surface area contributed by atoms with E-state index in [9.17, 15) is 13.2 Å². The van der Waals surface area contributed by atoms with Crippen molar-refractivity contribution in [2.75, 3.05) is 19.8 Å². The molecule has 3 nitrogen and oxygen atoms in total. The van der Waals surface area contributed by atoms with Crippen molar-refractivity contribution in [3.05, 3.63) is 29.8 Å². The predicted octanol–water partition coefficient (Wildman–Crippen LogP) is 2.88. The van der Waals surface area contributed by atoms with Crippen LogP contribution in [0.25, 0.3) is 0 Å². The first-order valence-electron chi connectivity index (χ1n) is 6.07. The van der Waals surface area contributed by atoms with E-state index in [1.807, 2.05) is 24.3 Å². The van der Waals surface area contributed by atoms with Crippen LogP contribution in [0.2, 0.25) is 0 Å². The largest absolute Gasteiger partial charge is 0.494 e. The van der Waals surface area contributed by atoms with E-state index in [4.69, 9.17) is 15.2 Å². The van der Waals surface area contributed by atoms with Crippen LogP contribution in [0, 0.1) is 0 Å². The van der Waals surface area contributed by atoms with Crippen molar-refractivity contribution in [2.24, 2.45) is 5.73 Å². The molecule has 0 aliphatic rings. The van der Waals surface area contributed by atoms with Crippen LogP contribution < -0.4 is 10.5 Å². The van der Waals surface area contributed by atoms with Crippen LogP contribution in [0.4, 0.5) is 13.2 Å². The molecule has 108 valence electrons. The van der Waals surface area contributed by atoms with Gasteiger partial charge in [0.15, 0.2) is 0 Å². The highest BCUT2D eigenvalue weighted by atomic mass is 19.4. The first-order valence-corrected chi connectivity index (χ1v) is 6.07. The molecular weight excluding hydrogens is 259 g/mol. The van der Waals surface area contributed by atoms with Gasteiger partial charge in [-0.25, -0.2) is 0 Å². The zero-order valence-corrected chi connectivity index (χ0v) is 10.6. The minimum absolute atomic E-state index is 0.261. The van der Waals surface area contributed by atoms with Crippen LogP contribution >= 0.6 is 0 Å². The van der Waals surface area contributed by atoms with E-state index < -0.39 is 12.6 Å². The molecule has 0 spiro atoms. The van der Waals surface area contributed by atoms with E-state index in [0.717, 1.165) is 5.56 Å². The molecule has 2 N–H and O–H groups in total. The first kappa shape index (κ1) is 15.8. The number of hydrogen-bond acceptors (Lipinski definition) is 3. The Morgan fingerprint density at radius 2 is 1.68 bits per heavy atom. The zero-order chi connectivity index (χ0) is 14.1. The van der Waals surface area contributed by atoms with Gasteiger partial charge in [0, 0.05) is 19.6 Å². The van der Waals surface area contributed by atoms with E-state index in [0.29, 0.717) is 25.3 Å². The summed E-state index contributed by atoms with van der Waals surface area (Å²) in [5.41, 5.74) is 6.48. The molecule has 0 bridgehead atoms. The molecule has 0 aromatic heterocycles.